The Balaban J connectivity index is 1.13. The van der Waals surface area contributed by atoms with Gasteiger partial charge in [-0.1, -0.05) is 78.9 Å². The van der Waals surface area contributed by atoms with E-state index in [0.29, 0.717) is 24.5 Å². The summed E-state index contributed by atoms with van der Waals surface area (Å²) < 4.78 is 5.58. The monoisotopic (exact) mass is 555 g/mol. The number of amides is 2. The SMILES string of the molecule is O=C(O)CCN(Cc1ccccc1)C(=O)c1csc(CCNC(=O)OCC2c3ccccc3-c3ccccc32)n1. The summed E-state index contributed by atoms with van der Waals surface area (Å²) in [7, 11) is 0. The zero-order chi connectivity index (χ0) is 27.9. The molecule has 0 unspecified atom stereocenters. The first-order valence-corrected chi connectivity index (χ1v) is 14.0. The first-order chi connectivity index (χ1) is 19.5. The average molecular weight is 556 g/mol. The fourth-order valence-electron chi connectivity index (χ4n) is 4.89. The van der Waals surface area contributed by atoms with Gasteiger partial charge in [-0.25, -0.2) is 9.78 Å². The predicted octanol–water partition coefficient (Wildman–Crippen LogP) is 5.34. The third kappa shape index (κ3) is 6.38. The Morgan fingerprint density at radius 3 is 2.25 bits per heavy atom. The van der Waals surface area contributed by atoms with Crippen molar-refractivity contribution in [2.45, 2.75) is 25.3 Å². The third-order valence-corrected chi connectivity index (χ3v) is 7.73. The van der Waals surface area contributed by atoms with Gasteiger partial charge in [0, 0.05) is 37.4 Å². The number of ether oxygens (including phenoxy) is 1. The number of carboxylic acids is 1. The minimum absolute atomic E-state index is 0.00866. The molecule has 8 nitrogen and oxygen atoms in total. The van der Waals surface area contributed by atoms with Crippen LogP contribution in [0.3, 0.4) is 0 Å². The fraction of sp³-hybridized carbons (Fsp3) is 0.226. The Labute approximate surface area is 236 Å². The van der Waals surface area contributed by atoms with Gasteiger partial charge < -0.3 is 20.1 Å². The van der Waals surface area contributed by atoms with Gasteiger partial charge in [0.2, 0.25) is 0 Å². The summed E-state index contributed by atoms with van der Waals surface area (Å²) in [4.78, 5) is 42.7. The maximum absolute atomic E-state index is 13.1. The van der Waals surface area contributed by atoms with Crippen molar-refractivity contribution in [2.24, 2.45) is 0 Å². The van der Waals surface area contributed by atoms with Crippen molar-refractivity contribution in [1.29, 1.82) is 0 Å². The zero-order valence-corrected chi connectivity index (χ0v) is 22.6. The number of alkyl carbamates (subject to hydrolysis) is 1. The van der Waals surface area contributed by atoms with Crippen molar-refractivity contribution in [2.75, 3.05) is 19.7 Å². The minimum atomic E-state index is -0.968. The van der Waals surface area contributed by atoms with Crippen LogP contribution in [0, 0.1) is 0 Å². The van der Waals surface area contributed by atoms with Gasteiger partial charge in [0.15, 0.2) is 0 Å². The molecule has 1 aliphatic rings. The van der Waals surface area contributed by atoms with Crippen molar-refractivity contribution in [1.82, 2.24) is 15.2 Å². The van der Waals surface area contributed by atoms with E-state index in [-0.39, 0.29) is 37.1 Å². The molecule has 0 radical (unpaired) electrons. The highest BCUT2D eigenvalue weighted by Crippen LogP contribution is 2.44. The van der Waals surface area contributed by atoms with Crippen LogP contribution in [0.5, 0.6) is 0 Å². The summed E-state index contributed by atoms with van der Waals surface area (Å²) in [6, 6.07) is 25.8. The van der Waals surface area contributed by atoms with E-state index in [0.717, 1.165) is 16.7 Å². The van der Waals surface area contributed by atoms with Crippen LogP contribution in [0.25, 0.3) is 11.1 Å². The van der Waals surface area contributed by atoms with Crippen LogP contribution in [0.1, 0.15) is 44.5 Å². The van der Waals surface area contributed by atoms with Crippen molar-refractivity contribution in [3.8, 4) is 11.1 Å². The van der Waals surface area contributed by atoms with E-state index >= 15 is 0 Å². The van der Waals surface area contributed by atoms with Crippen molar-refractivity contribution in [3.63, 3.8) is 0 Å². The Kier molecular flexibility index (Phi) is 8.51. The minimum Gasteiger partial charge on any atom is -0.481 e. The lowest BCUT2D eigenvalue weighted by Gasteiger charge is -2.21. The molecule has 4 aromatic rings. The van der Waals surface area contributed by atoms with E-state index in [2.05, 4.69) is 34.6 Å². The summed E-state index contributed by atoms with van der Waals surface area (Å²) in [6.45, 7) is 0.927. The second-order valence-corrected chi connectivity index (χ2v) is 10.4. The van der Waals surface area contributed by atoms with Crippen molar-refractivity contribution < 1.29 is 24.2 Å². The van der Waals surface area contributed by atoms with Crippen LogP contribution >= 0.6 is 11.3 Å². The first kappa shape index (κ1) is 27.1. The average Bonchev–Trinajstić information content (AvgIpc) is 3.57. The number of carbonyl (C=O) groups is 3. The first-order valence-electron chi connectivity index (χ1n) is 13.1. The van der Waals surface area contributed by atoms with Gasteiger partial charge in [0.05, 0.1) is 11.4 Å². The molecule has 1 heterocycles. The van der Waals surface area contributed by atoms with Crippen molar-refractivity contribution >= 4 is 29.3 Å². The molecule has 40 heavy (non-hydrogen) atoms. The van der Waals surface area contributed by atoms with E-state index in [1.807, 2.05) is 54.6 Å². The van der Waals surface area contributed by atoms with Crippen LogP contribution in [0.15, 0.2) is 84.2 Å². The lowest BCUT2D eigenvalue weighted by Crippen LogP contribution is -2.33. The lowest BCUT2D eigenvalue weighted by atomic mass is 9.98. The van der Waals surface area contributed by atoms with E-state index in [1.54, 1.807) is 5.38 Å². The summed E-state index contributed by atoms with van der Waals surface area (Å²) in [5.74, 6) is -1.30. The second kappa shape index (κ2) is 12.6. The molecule has 9 heteroatoms. The van der Waals surface area contributed by atoms with Crippen LogP contribution in [0.2, 0.25) is 0 Å². The lowest BCUT2D eigenvalue weighted by molar-refractivity contribution is -0.137. The molecule has 2 N–H and O–H groups in total. The van der Waals surface area contributed by atoms with Crippen LogP contribution in [0.4, 0.5) is 4.79 Å². The second-order valence-electron chi connectivity index (χ2n) is 9.48. The fourth-order valence-corrected chi connectivity index (χ4v) is 5.67. The van der Waals surface area contributed by atoms with E-state index < -0.39 is 12.1 Å². The van der Waals surface area contributed by atoms with Gasteiger partial charge in [0.25, 0.3) is 5.91 Å². The molecule has 0 atom stereocenters. The Bertz CT molecular complexity index is 1460. The smallest absolute Gasteiger partial charge is 0.407 e. The van der Waals surface area contributed by atoms with Crippen LogP contribution in [-0.4, -0.2) is 52.7 Å². The molecule has 0 saturated heterocycles. The molecule has 2 amide bonds. The standard InChI is InChI=1S/C31H29N3O5S/c35-29(36)15-17-34(18-21-8-2-1-3-9-21)30(37)27-20-40-28(33-27)14-16-32-31(38)39-19-26-24-12-6-4-10-22(24)23-11-5-7-13-25(23)26/h1-13,20,26H,14-19H2,(H,32,38)(H,35,36). The number of aromatic nitrogens is 1. The van der Waals surface area contributed by atoms with Gasteiger partial charge in [-0.3, -0.25) is 9.59 Å². The van der Waals surface area contributed by atoms with Crippen LogP contribution in [-0.2, 0) is 22.5 Å². The number of nitrogens with zero attached hydrogens (tertiary/aromatic N) is 2. The maximum atomic E-state index is 13.1. The number of carboxylic acid groups (broad SMARTS) is 1. The molecule has 5 rings (SSSR count). The van der Waals surface area contributed by atoms with Crippen LogP contribution < -0.4 is 5.32 Å². The van der Waals surface area contributed by atoms with Gasteiger partial charge in [-0.15, -0.1) is 11.3 Å². The van der Waals surface area contributed by atoms with Gasteiger partial charge in [-0.2, -0.15) is 0 Å². The normalized spacial score (nSPS) is 11.9. The topological polar surface area (TPSA) is 109 Å². The summed E-state index contributed by atoms with van der Waals surface area (Å²) in [5.41, 5.74) is 5.83. The number of fused-ring (bicyclic) bond motifs is 3. The molecule has 1 aliphatic carbocycles. The number of rotatable bonds is 11. The molecule has 1 aromatic heterocycles. The molecular formula is C31H29N3O5S. The molecule has 0 aliphatic heterocycles. The number of thiazole rings is 1. The number of carbonyl (C=O) groups excluding carboxylic acids is 2. The van der Waals surface area contributed by atoms with E-state index in [4.69, 9.17) is 9.84 Å². The summed E-state index contributed by atoms with van der Waals surface area (Å²) in [6.07, 6.45) is -0.215. The number of aliphatic carboxylic acids is 1. The molecule has 0 spiro atoms. The molecule has 0 fully saturated rings. The largest absolute Gasteiger partial charge is 0.481 e. The predicted molar refractivity (Wildman–Crippen MR) is 152 cm³/mol. The maximum Gasteiger partial charge on any atom is 0.407 e. The van der Waals surface area contributed by atoms with Crippen molar-refractivity contribution in [3.05, 3.63) is 112 Å². The van der Waals surface area contributed by atoms with E-state index in [1.165, 1.54) is 27.4 Å². The number of nitrogens with one attached hydrogen (secondary N) is 1. The Morgan fingerprint density at radius 2 is 1.57 bits per heavy atom. The summed E-state index contributed by atoms with van der Waals surface area (Å²) in [5, 5.41) is 14.3. The zero-order valence-electron chi connectivity index (χ0n) is 21.8. The molecule has 204 valence electrons. The number of hydrogen-bond acceptors (Lipinski definition) is 6. The summed E-state index contributed by atoms with van der Waals surface area (Å²) >= 11 is 1.33. The third-order valence-electron chi connectivity index (χ3n) is 6.82. The Hall–Kier alpha value is -4.50. The van der Waals surface area contributed by atoms with Gasteiger partial charge in [-0.05, 0) is 27.8 Å². The van der Waals surface area contributed by atoms with Gasteiger partial charge in [0.1, 0.15) is 12.3 Å². The number of benzene rings is 3. The quantitative estimate of drug-likeness (QED) is 0.259. The van der Waals surface area contributed by atoms with Gasteiger partial charge >= 0.3 is 12.1 Å². The molecule has 0 bridgehead atoms. The molecule has 3 aromatic carbocycles. The van der Waals surface area contributed by atoms with E-state index in [9.17, 15) is 14.4 Å². The highest BCUT2D eigenvalue weighted by Gasteiger charge is 2.29. The Morgan fingerprint density at radius 1 is 0.925 bits per heavy atom. The number of hydrogen-bond donors (Lipinski definition) is 2. The molecular weight excluding hydrogens is 526 g/mol. The highest BCUT2D eigenvalue weighted by molar-refractivity contribution is 7.09. The highest BCUT2D eigenvalue weighted by atomic mass is 32.1. The molecule has 0 saturated carbocycles.